The number of hydrogen-bond donors (Lipinski definition) is 1. The molecule has 1 amide bonds. The van der Waals surface area contributed by atoms with Crippen LogP contribution in [0.3, 0.4) is 0 Å². The third kappa shape index (κ3) is 4.32. The van der Waals surface area contributed by atoms with Gasteiger partial charge in [0.25, 0.3) is 5.91 Å². The number of carbonyl (C=O) groups is 1. The van der Waals surface area contributed by atoms with Crippen LogP contribution in [0.2, 0.25) is 0 Å². The Morgan fingerprint density at radius 1 is 1.47 bits per heavy atom. The lowest BCUT2D eigenvalue weighted by Gasteiger charge is -2.14. The minimum Gasteiger partial charge on any atom is -0.351 e. The molecular formula is C13H17BrClNO. The van der Waals surface area contributed by atoms with Crippen LogP contribution < -0.4 is 5.32 Å². The van der Waals surface area contributed by atoms with Crippen molar-refractivity contribution in [1.29, 1.82) is 0 Å². The van der Waals surface area contributed by atoms with E-state index in [0.29, 0.717) is 18.0 Å². The molecule has 1 aromatic carbocycles. The molecule has 0 fully saturated rings. The summed E-state index contributed by atoms with van der Waals surface area (Å²) < 4.78 is 0.811. The molecule has 1 aromatic rings. The molecule has 0 aromatic heterocycles. The number of hydrogen-bond acceptors (Lipinski definition) is 1. The molecule has 2 nitrogen and oxygen atoms in total. The third-order valence-corrected chi connectivity index (χ3v) is 3.86. The Labute approximate surface area is 116 Å². The van der Waals surface area contributed by atoms with Crippen LogP contribution in [-0.4, -0.2) is 17.8 Å². The second-order valence-electron chi connectivity index (χ2n) is 4.45. The van der Waals surface area contributed by atoms with E-state index in [-0.39, 0.29) is 11.3 Å². The van der Waals surface area contributed by atoms with Crippen molar-refractivity contribution in [3.63, 3.8) is 0 Å². The second kappa shape index (κ2) is 6.41. The van der Waals surface area contributed by atoms with E-state index >= 15 is 0 Å². The predicted molar refractivity (Wildman–Crippen MR) is 75.7 cm³/mol. The van der Waals surface area contributed by atoms with Crippen molar-refractivity contribution in [1.82, 2.24) is 5.32 Å². The molecule has 94 valence electrons. The zero-order valence-corrected chi connectivity index (χ0v) is 12.6. The standard InChI is InChI=1S/C13H17BrClNO/c1-8(2)12(15)7-16-13(17)10-5-4-9(3)6-11(10)14/h4-6,8,12H,7H2,1-3H3,(H,16,17). The Morgan fingerprint density at radius 2 is 2.12 bits per heavy atom. The fourth-order valence-electron chi connectivity index (χ4n) is 1.33. The summed E-state index contributed by atoms with van der Waals surface area (Å²) in [6, 6.07) is 5.66. The van der Waals surface area contributed by atoms with Gasteiger partial charge in [-0.3, -0.25) is 4.79 Å². The highest BCUT2D eigenvalue weighted by Gasteiger charge is 2.13. The minimum absolute atomic E-state index is 0.0387. The Kier molecular flexibility index (Phi) is 5.47. The Hall–Kier alpha value is -0.540. The van der Waals surface area contributed by atoms with Gasteiger partial charge in [-0.25, -0.2) is 0 Å². The first-order valence-corrected chi connectivity index (χ1v) is 6.83. The van der Waals surface area contributed by atoms with Gasteiger partial charge in [0.05, 0.1) is 10.9 Å². The van der Waals surface area contributed by atoms with Gasteiger partial charge in [0.1, 0.15) is 0 Å². The highest BCUT2D eigenvalue weighted by atomic mass is 79.9. The molecule has 0 spiro atoms. The SMILES string of the molecule is Cc1ccc(C(=O)NCC(Cl)C(C)C)c(Br)c1. The molecule has 0 saturated carbocycles. The normalized spacial score (nSPS) is 12.6. The monoisotopic (exact) mass is 317 g/mol. The van der Waals surface area contributed by atoms with Crippen molar-refractivity contribution < 1.29 is 4.79 Å². The van der Waals surface area contributed by atoms with Crippen molar-refractivity contribution in [2.24, 2.45) is 5.92 Å². The Bertz CT molecular complexity index is 406. The number of aryl methyl sites for hydroxylation is 1. The smallest absolute Gasteiger partial charge is 0.252 e. The quantitative estimate of drug-likeness (QED) is 0.842. The maximum atomic E-state index is 11.9. The number of benzene rings is 1. The lowest BCUT2D eigenvalue weighted by Crippen LogP contribution is -2.32. The van der Waals surface area contributed by atoms with Gasteiger partial charge < -0.3 is 5.32 Å². The zero-order chi connectivity index (χ0) is 13.0. The molecule has 0 heterocycles. The van der Waals surface area contributed by atoms with Gasteiger partial charge in [-0.1, -0.05) is 19.9 Å². The molecule has 1 unspecified atom stereocenters. The molecule has 0 saturated heterocycles. The summed E-state index contributed by atoms with van der Waals surface area (Å²) in [5, 5.41) is 2.80. The zero-order valence-electron chi connectivity index (χ0n) is 10.3. The topological polar surface area (TPSA) is 29.1 Å². The molecule has 0 aliphatic carbocycles. The van der Waals surface area contributed by atoms with Crippen molar-refractivity contribution in [3.8, 4) is 0 Å². The number of halogens is 2. The number of amides is 1. The fourth-order valence-corrected chi connectivity index (χ4v) is 2.08. The van der Waals surface area contributed by atoms with Crippen molar-refractivity contribution in [3.05, 3.63) is 33.8 Å². The van der Waals surface area contributed by atoms with Crippen molar-refractivity contribution in [2.45, 2.75) is 26.1 Å². The first kappa shape index (κ1) is 14.5. The molecular weight excluding hydrogens is 302 g/mol. The largest absolute Gasteiger partial charge is 0.351 e. The summed E-state index contributed by atoms with van der Waals surface area (Å²) >= 11 is 9.48. The third-order valence-electron chi connectivity index (χ3n) is 2.55. The Balaban J connectivity index is 2.64. The lowest BCUT2D eigenvalue weighted by atomic mass is 10.1. The molecule has 4 heteroatoms. The van der Waals surface area contributed by atoms with Crippen LogP contribution in [0.5, 0.6) is 0 Å². The van der Waals surface area contributed by atoms with Crippen LogP contribution in [0.15, 0.2) is 22.7 Å². The number of nitrogens with one attached hydrogen (secondary N) is 1. The molecule has 0 aliphatic rings. The summed E-state index contributed by atoms with van der Waals surface area (Å²) in [7, 11) is 0. The van der Waals surface area contributed by atoms with E-state index in [1.807, 2.05) is 39.0 Å². The van der Waals surface area contributed by atoms with E-state index in [0.717, 1.165) is 10.0 Å². The summed E-state index contributed by atoms with van der Waals surface area (Å²) in [6.07, 6.45) is 0. The average Bonchev–Trinajstić information content (AvgIpc) is 2.25. The van der Waals surface area contributed by atoms with Crippen LogP contribution in [-0.2, 0) is 0 Å². The van der Waals surface area contributed by atoms with Crippen LogP contribution in [0.4, 0.5) is 0 Å². The van der Waals surface area contributed by atoms with Gasteiger partial charge in [-0.2, -0.15) is 0 Å². The average molecular weight is 319 g/mol. The van der Waals surface area contributed by atoms with Crippen LogP contribution in [0.1, 0.15) is 29.8 Å². The van der Waals surface area contributed by atoms with Crippen molar-refractivity contribution in [2.75, 3.05) is 6.54 Å². The van der Waals surface area contributed by atoms with Crippen LogP contribution in [0, 0.1) is 12.8 Å². The van der Waals surface area contributed by atoms with E-state index in [1.54, 1.807) is 0 Å². The van der Waals surface area contributed by atoms with Crippen LogP contribution >= 0.6 is 27.5 Å². The molecule has 1 atom stereocenters. The van der Waals surface area contributed by atoms with Gasteiger partial charge in [0.2, 0.25) is 0 Å². The summed E-state index contributed by atoms with van der Waals surface area (Å²) in [4.78, 5) is 11.9. The van der Waals surface area contributed by atoms with E-state index in [1.165, 1.54) is 0 Å². The van der Waals surface area contributed by atoms with Crippen LogP contribution in [0.25, 0.3) is 0 Å². The van der Waals surface area contributed by atoms with Crippen molar-refractivity contribution >= 4 is 33.4 Å². The van der Waals surface area contributed by atoms with E-state index in [2.05, 4.69) is 21.2 Å². The van der Waals surface area contributed by atoms with E-state index < -0.39 is 0 Å². The molecule has 17 heavy (non-hydrogen) atoms. The maximum absolute atomic E-state index is 11.9. The molecule has 0 radical (unpaired) electrons. The summed E-state index contributed by atoms with van der Waals surface area (Å²) in [6.45, 7) is 6.54. The van der Waals surface area contributed by atoms with Gasteiger partial charge in [-0.15, -0.1) is 11.6 Å². The number of rotatable bonds is 4. The first-order chi connectivity index (χ1) is 7.91. The predicted octanol–water partition coefficient (Wildman–Crippen LogP) is 3.75. The van der Waals surface area contributed by atoms with E-state index in [9.17, 15) is 4.79 Å². The van der Waals surface area contributed by atoms with Gasteiger partial charge in [0, 0.05) is 11.0 Å². The molecule has 0 aliphatic heterocycles. The fraction of sp³-hybridized carbons (Fsp3) is 0.462. The lowest BCUT2D eigenvalue weighted by molar-refractivity contribution is 0.0951. The second-order valence-corrected chi connectivity index (χ2v) is 5.87. The van der Waals surface area contributed by atoms with E-state index in [4.69, 9.17) is 11.6 Å². The minimum atomic E-state index is -0.0943. The molecule has 0 bridgehead atoms. The Morgan fingerprint density at radius 3 is 2.65 bits per heavy atom. The summed E-state index contributed by atoms with van der Waals surface area (Å²) in [5.74, 6) is 0.251. The first-order valence-electron chi connectivity index (χ1n) is 5.60. The van der Waals surface area contributed by atoms with Gasteiger partial charge in [-0.05, 0) is 46.5 Å². The van der Waals surface area contributed by atoms with Gasteiger partial charge >= 0.3 is 0 Å². The number of carbonyl (C=O) groups excluding carboxylic acids is 1. The number of alkyl halides is 1. The maximum Gasteiger partial charge on any atom is 0.252 e. The highest BCUT2D eigenvalue weighted by Crippen LogP contribution is 2.18. The molecule has 1 rings (SSSR count). The highest BCUT2D eigenvalue weighted by molar-refractivity contribution is 9.10. The molecule has 1 N–H and O–H groups in total. The van der Waals surface area contributed by atoms with Gasteiger partial charge in [0.15, 0.2) is 0 Å². The summed E-state index contributed by atoms with van der Waals surface area (Å²) in [5.41, 5.74) is 1.76.